The number of anilines is 1. The highest BCUT2D eigenvalue weighted by Gasteiger charge is 2.60. The molecule has 0 saturated carbocycles. The lowest BCUT2D eigenvalue weighted by atomic mass is 9.79. The molecule has 0 unspecified atom stereocenters. The molecule has 11 nitrogen and oxygen atoms in total. The molecule has 2 amide bonds. The molecule has 2 aromatic carbocycles. The van der Waals surface area contributed by atoms with Gasteiger partial charge in [-0.15, -0.1) is 11.8 Å². The highest BCUT2D eigenvalue weighted by Crippen LogP contribution is 2.52. The van der Waals surface area contributed by atoms with Gasteiger partial charge in [0.25, 0.3) is 0 Å². The molecule has 0 aromatic heterocycles. The van der Waals surface area contributed by atoms with Gasteiger partial charge >= 0.3 is 11.9 Å². The summed E-state index contributed by atoms with van der Waals surface area (Å²) in [4.78, 5) is 54.3. The second kappa shape index (κ2) is 12.3. The fraction of sp³-hybridized carbons (Fsp3) is 0.438. The molecule has 6 atom stereocenters. The summed E-state index contributed by atoms with van der Waals surface area (Å²) in [7, 11) is 1.60. The van der Waals surface area contributed by atoms with Crippen molar-refractivity contribution in [2.45, 2.75) is 64.1 Å². The van der Waals surface area contributed by atoms with Crippen molar-refractivity contribution in [2.24, 2.45) is 11.8 Å². The minimum Gasteiger partial charge on any atom is -0.496 e. The van der Waals surface area contributed by atoms with Crippen LogP contribution >= 0.6 is 11.8 Å². The molecule has 0 bridgehead atoms. The van der Waals surface area contributed by atoms with Gasteiger partial charge in [0.2, 0.25) is 11.8 Å². The molecule has 44 heavy (non-hydrogen) atoms. The Labute approximate surface area is 259 Å². The average Bonchev–Trinajstić information content (AvgIpc) is 3.46. The van der Waals surface area contributed by atoms with Crippen LogP contribution < -0.4 is 10.1 Å². The standard InChI is InChI=1S/C32H37N3O8S/c1-15-9-20(24(43-5)10-16(15)2)13-34-14-22(12-23(34)29(37)33-21-8-6-7-19(11-21)31(39)40)44-28-17(3)26-25(18(4)36)30(38)35(26)27(28)32(41)42/h6-11,17-18,22-23,25-26,36H,12-14H2,1-5H3,(H,33,37)(H,39,40)(H,41,42)/t17-,18-,22+,23+,25-,26-/m1/s1. The van der Waals surface area contributed by atoms with Gasteiger partial charge in [-0.3, -0.25) is 14.5 Å². The molecule has 234 valence electrons. The summed E-state index contributed by atoms with van der Waals surface area (Å²) in [5, 5.41) is 32.4. The van der Waals surface area contributed by atoms with Gasteiger partial charge < -0.3 is 30.3 Å². The van der Waals surface area contributed by atoms with E-state index in [1.54, 1.807) is 26.2 Å². The molecule has 0 spiro atoms. The van der Waals surface area contributed by atoms with Crippen molar-refractivity contribution in [1.29, 1.82) is 0 Å². The number of nitrogens with zero attached hydrogens (tertiary/aromatic N) is 2. The number of hydrogen-bond donors (Lipinski definition) is 4. The van der Waals surface area contributed by atoms with Crippen LogP contribution in [0.2, 0.25) is 0 Å². The number of aliphatic carboxylic acids is 1. The number of nitrogens with one attached hydrogen (secondary N) is 1. The molecule has 3 aliphatic heterocycles. The minimum absolute atomic E-state index is 0.0461. The van der Waals surface area contributed by atoms with E-state index in [1.165, 1.54) is 28.8 Å². The molecule has 3 aliphatic rings. The molecule has 2 aromatic rings. The van der Waals surface area contributed by atoms with Crippen LogP contribution in [0.25, 0.3) is 0 Å². The van der Waals surface area contributed by atoms with Crippen LogP contribution in [0.3, 0.4) is 0 Å². The van der Waals surface area contributed by atoms with Crippen LogP contribution in [-0.4, -0.2) is 86.0 Å². The number of fused-ring (bicyclic) bond motifs is 1. The molecule has 0 aliphatic carbocycles. The number of methoxy groups -OCH3 is 1. The van der Waals surface area contributed by atoms with E-state index >= 15 is 0 Å². The van der Waals surface area contributed by atoms with E-state index in [2.05, 4.69) is 5.32 Å². The fourth-order valence-electron chi connectivity index (χ4n) is 6.59. The number of aryl methyl sites for hydroxylation is 2. The zero-order valence-corrected chi connectivity index (χ0v) is 26.1. The van der Waals surface area contributed by atoms with Gasteiger partial charge in [-0.2, -0.15) is 0 Å². The fourth-order valence-corrected chi connectivity index (χ4v) is 8.15. The van der Waals surface area contributed by atoms with Gasteiger partial charge in [0.05, 0.1) is 36.8 Å². The highest BCUT2D eigenvalue weighted by atomic mass is 32.2. The van der Waals surface area contributed by atoms with E-state index in [9.17, 15) is 34.5 Å². The van der Waals surface area contributed by atoms with Crippen molar-refractivity contribution in [3.63, 3.8) is 0 Å². The maximum Gasteiger partial charge on any atom is 0.353 e. The van der Waals surface area contributed by atoms with Gasteiger partial charge in [0.1, 0.15) is 11.4 Å². The van der Waals surface area contributed by atoms with Crippen molar-refractivity contribution in [2.75, 3.05) is 19.0 Å². The Kier molecular flexibility index (Phi) is 8.79. The minimum atomic E-state index is -1.19. The van der Waals surface area contributed by atoms with Crippen LogP contribution in [0.15, 0.2) is 47.0 Å². The number of hydrogen-bond acceptors (Lipinski definition) is 8. The first-order valence-electron chi connectivity index (χ1n) is 14.5. The van der Waals surface area contributed by atoms with Crippen molar-refractivity contribution in [1.82, 2.24) is 9.80 Å². The number of carbonyl (C=O) groups excluding carboxylic acids is 2. The van der Waals surface area contributed by atoms with Crippen molar-refractivity contribution >= 4 is 41.2 Å². The summed E-state index contributed by atoms with van der Waals surface area (Å²) >= 11 is 1.38. The third-order valence-corrected chi connectivity index (χ3v) is 10.4. The number of carboxylic acid groups (broad SMARTS) is 2. The first-order valence-corrected chi connectivity index (χ1v) is 15.4. The topological polar surface area (TPSA) is 157 Å². The van der Waals surface area contributed by atoms with Gasteiger partial charge in [0, 0.05) is 40.4 Å². The number of likely N-dealkylation sites (tertiary alicyclic amines) is 1. The summed E-state index contributed by atoms with van der Waals surface area (Å²) in [6.45, 7) is 8.28. The molecule has 2 fully saturated rings. The molecule has 2 saturated heterocycles. The number of carboxylic acids is 2. The molecule has 12 heteroatoms. The van der Waals surface area contributed by atoms with E-state index in [0.717, 1.165) is 16.7 Å². The molecule has 4 N–H and O–H groups in total. The monoisotopic (exact) mass is 623 g/mol. The van der Waals surface area contributed by atoms with Crippen molar-refractivity contribution in [3.05, 3.63) is 69.3 Å². The largest absolute Gasteiger partial charge is 0.496 e. The lowest BCUT2D eigenvalue weighted by molar-refractivity contribution is -0.163. The number of rotatable bonds is 10. The Balaban J connectivity index is 1.44. The van der Waals surface area contributed by atoms with E-state index in [0.29, 0.717) is 35.9 Å². The maximum atomic E-state index is 13.7. The van der Waals surface area contributed by atoms with Crippen molar-refractivity contribution < 1.29 is 39.2 Å². The average molecular weight is 624 g/mol. The Morgan fingerprint density at radius 3 is 2.45 bits per heavy atom. The predicted molar refractivity (Wildman–Crippen MR) is 164 cm³/mol. The van der Waals surface area contributed by atoms with E-state index in [-0.39, 0.29) is 34.2 Å². The van der Waals surface area contributed by atoms with E-state index < -0.39 is 36.0 Å². The van der Waals surface area contributed by atoms with Crippen LogP contribution in [0.1, 0.15) is 47.3 Å². The summed E-state index contributed by atoms with van der Waals surface area (Å²) < 4.78 is 5.66. The lowest BCUT2D eigenvalue weighted by Crippen LogP contribution is -2.63. The number of amides is 2. The van der Waals surface area contributed by atoms with E-state index in [1.807, 2.05) is 37.8 Å². The van der Waals surface area contributed by atoms with E-state index in [4.69, 9.17) is 4.74 Å². The summed E-state index contributed by atoms with van der Waals surface area (Å²) in [6, 6.07) is 9.02. The number of aliphatic hydroxyl groups excluding tert-OH is 1. The number of benzene rings is 2. The molecule has 3 heterocycles. The number of aliphatic hydroxyl groups is 1. The number of carbonyl (C=O) groups is 4. The molecule has 5 rings (SSSR count). The quantitative estimate of drug-likeness (QED) is 0.289. The maximum absolute atomic E-state index is 13.7. The van der Waals surface area contributed by atoms with Gasteiger partial charge in [0.15, 0.2) is 0 Å². The van der Waals surface area contributed by atoms with Crippen LogP contribution in [-0.2, 0) is 20.9 Å². The number of thioether (sulfide) groups is 1. The Morgan fingerprint density at radius 1 is 1.11 bits per heavy atom. The second-order valence-corrected chi connectivity index (χ2v) is 13.2. The number of ether oxygens (including phenoxy) is 1. The first kappa shape index (κ1) is 31.6. The first-order chi connectivity index (χ1) is 20.8. The molecular formula is C32H37N3O8S. The molecular weight excluding hydrogens is 586 g/mol. The Hall–Kier alpha value is -3.87. The highest BCUT2D eigenvalue weighted by molar-refractivity contribution is 8.03. The number of aromatic carboxylic acids is 1. The third-order valence-electron chi connectivity index (χ3n) is 8.92. The zero-order chi connectivity index (χ0) is 32.0. The second-order valence-electron chi connectivity index (χ2n) is 11.8. The summed E-state index contributed by atoms with van der Waals surface area (Å²) in [5.74, 6) is -3.24. The normalized spacial score (nSPS) is 25.5. The van der Waals surface area contributed by atoms with Gasteiger partial charge in [-0.25, -0.2) is 9.59 Å². The summed E-state index contributed by atoms with van der Waals surface area (Å²) in [6.07, 6.45) is -0.502. The predicted octanol–water partition coefficient (Wildman–Crippen LogP) is 3.48. The number of β-lactam (4-membered cyclic amide) rings is 1. The van der Waals surface area contributed by atoms with Crippen LogP contribution in [0, 0.1) is 25.7 Å². The zero-order valence-electron chi connectivity index (χ0n) is 25.2. The Morgan fingerprint density at radius 2 is 1.82 bits per heavy atom. The summed E-state index contributed by atoms with van der Waals surface area (Å²) in [5.41, 5.74) is 3.43. The van der Waals surface area contributed by atoms with Crippen LogP contribution in [0.4, 0.5) is 5.69 Å². The van der Waals surface area contributed by atoms with Crippen molar-refractivity contribution in [3.8, 4) is 5.75 Å². The van der Waals surface area contributed by atoms with Gasteiger partial charge in [-0.1, -0.05) is 19.1 Å². The lowest BCUT2D eigenvalue weighted by Gasteiger charge is -2.46. The van der Waals surface area contributed by atoms with Gasteiger partial charge in [-0.05, 0) is 62.6 Å². The SMILES string of the molecule is COc1cc(C)c(C)cc1CN1C[C@@H](SC2=C(C(=O)O)N3C(=O)[C@H]([C@@H](C)O)[C@H]3[C@H]2C)C[C@H]1C(=O)Nc1cccc(C(=O)O)c1. The third kappa shape index (κ3) is 5.69. The van der Waals surface area contributed by atoms with Crippen LogP contribution in [0.5, 0.6) is 5.75 Å². The smallest absolute Gasteiger partial charge is 0.353 e. The molecule has 0 radical (unpaired) electrons. The Bertz CT molecular complexity index is 1560.